The number of nitrogens with one attached hydrogen (secondary N) is 1. The molecule has 1 amide bonds. The quantitative estimate of drug-likeness (QED) is 0.909. The molecule has 2 rings (SSSR count). The van der Waals surface area contributed by atoms with Gasteiger partial charge in [0.2, 0.25) is 5.91 Å². The Balaban J connectivity index is 2.10. The van der Waals surface area contributed by atoms with E-state index >= 15 is 0 Å². The molecule has 1 atom stereocenters. The molecule has 0 aliphatic carbocycles. The molecule has 1 aromatic rings. The summed E-state index contributed by atoms with van der Waals surface area (Å²) in [6, 6.07) is 8.02. The molecule has 3 nitrogen and oxygen atoms in total. The molecule has 1 aliphatic rings. The van der Waals surface area contributed by atoms with Crippen LogP contribution < -0.4 is 5.32 Å². The minimum absolute atomic E-state index is 0.180. The molecule has 18 heavy (non-hydrogen) atoms. The molecule has 0 bridgehead atoms. The van der Waals surface area contributed by atoms with E-state index in [0.717, 1.165) is 36.5 Å². The summed E-state index contributed by atoms with van der Waals surface area (Å²) < 4.78 is 0. The summed E-state index contributed by atoms with van der Waals surface area (Å²) in [5, 5.41) is 3.83. The van der Waals surface area contributed by atoms with E-state index in [2.05, 4.69) is 11.4 Å². The van der Waals surface area contributed by atoms with Gasteiger partial charge < -0.3 is 10.2 Å². The van der Waals surface area contributed by atoms with E-state index in [-0.39, 0.29) is 11.9 Å². The van der Waals surface area contributed by atoms with Crippen molar-refractivity contribution in [3.05, 3.63) is 34.9 Å². The number of likely N-dealkylation sites (tertiary alicyclic amines) is 1. The molecular formula is C14H19ClN2O. The van der Waals surface area contributed by atoms with E-state index in [1.807, 2.05) is 30.0 Å². The summed E-state index contributed by atoms with van der Waals surface area (Å²) in [7, 11) is 0. The van der Waals surface area contributed by atoms with Crippen LogP contribution in [0.5, 0.6) is 0 Å². The second-order valence-electron chi connectivity index (χ2n) is 4.58. The van der Waals surface area contributed by atoms with Crippen LogP contribution in [-0.2, 0) is 4.79 Å². The van der Waals surface area contributed by atoms with Crippen molar-refractivity contribution < 1.29 is 4.79 Å². The molecule has 1 unspecified atom stereocenters. The first-order valence-electron chi connectivity index (χ1n) is 6.48. The Hall–Kier alpha value is -1.06. The summed E-state index contributed by atoms with van der Waals surface area (Å²) in [6.45, 7) is 4.10. The van der Waals surface area contributed by atoms with Gasteiger partial charge in [-0.2, -0.15) is 0 Å². The maximum Gasteiger partial charge on any atom is 0.237 e. The molecule has 98 valence electrons. The molecule has 1 aromatic carbocycles. The van der Waals surface area contributed by atoms with Gasteiger partial charge in [0.15, 0.2) is 0 Å². The number of nitrogens with zero attached hydrogens (tertiary/aromatic N) is 1. The third-order valence-corrected chi connectivity index (χ3v) is 3.57. The molecule has 1 fully saturated rings. The second kappa shape index (κ2) is 6.21. The van der Waals surface area contributed by atoms with E-state index in [9.17, 15) is 4.79 Å². The number of carbonyl (C=O) groups is 1. The molecule has 1 N–H and O–H groups in total. The van der Waals surface area contributed by atoms with Crippen molar-refractivity contribution >= 4 is 17.5 Å². The summed E-state index contributed by atoms with van der Waals surface area (Å²) in [5.74, 6) is 0.180. The van der Waals surface area contributed by atoms with E-state index in [1.165, 1.54) is 0 Å². The predicted octanol–water partition coefficient (Wildman–Crippen LogP) is 2.61. The van der Waals surface area contributed by atoms with Gasteiger partial charge in [-0.3, -0.25) is 4.79 Å². The molecule has 0 aromatic heterocycles. The lowest BCUT2D eigenvalue weighted by Gasteiger charge is -2.25. The summed E-state index contributed by atoms with van der Waals surface area (Å²) in [6.07, 6.45) is 2.09. The van der Waals surface area contributed by atoms with E-state index in [1.54, 1.807) is 0 Å². The maximum atomic E-state index is 12.1. The van der Waals surface area contributed by atoms with Crippen LogP contribution in [0.1, 0.15) is 31.4 Å². The Morgan fingerprint density at radius 3 is 3.11 bits per heavy atom. The van der Waals surface area contributed by atoms with Gasteiger partial charge in [-0.05, 0) is 37.1 Å². The van der Waals surface area contributed by atoms with Crippen molar-refractivity contribution in [1.82, 2.24) is 10.2 Å². The lowest BCUT2D eigenvalue weighted by atomic mass is 10.0. The van der Waals surface area contributed by atoms with Crippen molar-refractivity contribution in [3.8, 4) is 0 Å². The van der Waals surface area contributed by atoms with Gasteiger partial charge in [0.1, 0.15) is 0 Å². The highest BCUT2D eigenvalue weighted by atomic mass is 35.5. The van der Waals surface area contributed by atoms with E-state index < -0.39 is 0 Å². The molecule has 1 heterocycles. The predicted molar refractivity (Wildman–Crippen MR) is 73.7 cm³/mol. The number of benzene rings is 1. The van der Waals surface area contributed by atoms with Gasteiger partial charge in [0.05, 0.1) is 12.6 Å². The van der Waals surface area contributed by atoms with E-state index in [0.29, 0.717) is 6.54 Å². The average Bonchev–Trinajstić information content (AvgIpc) is 2.85. The molecule has 1 saturated heterocycles. The monoisotopic (exact) mass is 266 g/mol. The van der Waals surface area contributed by atoms with Crippen molar-refractivity contribution in [1.29, 1.82) is 0 Å². The van der Waals surface area contributed by atoms with Gasteiger partial charge in [0.25, 0.3) is 0 Å². The Bertz CT molecular complexity index is 422. The first-order valence-corrected chi connectivity index (χ1v) is 6.86. The number of likely N-dealkylation sites (N-methyl/N-ethyl adjacent to an activating group) is 1. The number of amides is 1. The van der Waals surface area contributed by atoms with Gasteiger partial charge in [-0.1, -0.05) is 30.7 Å². The molecule has 1 aliphatic heterocycles. The molecule has 0 saturated carbocycles. The number of carbonyl (C=O) groups excluding carboxylic acids is 1. The zero-order chi connectivity index (χ0) is 13.0. The SMILES string of the molecule is CCNCC(=O)N1CCCC1c1cccc(Cl)c1. The first-order chi connectivity index (χ1) is 8.72. The van der Waals surface area contributed by atoms with Gasteiger partial charge >= 0.3 is 0 Å². The van der Waals surface area contributed by atoms with Crippen LogP contribution in [-0.4, -0.2) is 30.4 Å². The van der Waals surface area contributed by atoms with Crippen molar-refractivity contribution in [2.45, 2.75) is 25.8 Å². The van der Waals surface area contributed by atoms with Crippen LogP contribution in [0.2, 0.25) is 5.02 Å². The van der Waals surface area contributed by atoms with Crippen LogP contribution in [0.25, 0.3) is 0 Å². The average molecular weight is 267 g/mol. The fourth-order valence-electron chi connectivity index (χ4n) is 2.46. The van der Waals surface area contributed by atoms with Gasteiger partial charge in [-0.15, -0.1) is 0 Å². The fraction of sp³-hybridized carbons (Fsp3) is 0.500. The van der Waals surface area contributed by atoms with E-state index in [4.69, 9.17) is 11.6 Å². The highest BCUT2D eigenvalue weighted by Gasteiger charge is 2.29. The second-order valence-corrected chi connectivity index (χ2v) is 5.02. The Morgan fingerprint density at radius 1 is 1.56 bits per heavy atom. The van der Waals surface area contributed by atoms with Crippen molar-refractivity contribution in [2.24, 2.45) is 0 Å². The van der Waals surface area contributed by atoms with Crippen molar-refractivity contribution in [2.75, 3.05) is 19.6 Å². The highest BCUT2D eigenvalue weighted by molar-refractivity contribution is 6.30. The minimum atomic E-state index is 0.180. The Labute approximate surface area is 113 Å². The van der Waals surface area contributed by atoms with Crippen LogP contribution in [0.3, 0.4) is 0 Å². The minimum Gasteiger partial charge on any atom is -0.335 e. The zero-order valence-electron chi connectivity index (χ0n) is 10.7. The smallest absolute Gasteiger partial charge is 0.237 e. The summed E-state index contributed by atoms with van der Waals surface area (Å²) in [5.41, 5.74) is 1.14. The van der Waals surface area contributed by atoms with Crippen molar-refractivity contribution in [3.63, 3.8) is 0 Å². The summed E-state index contributed by atoms with van der Waals surface area (Å²) >= 11 is 6.02. The van der Waals surface area contributed by atoms with Gasteiger partial charge in [-0.25, -0.2) is 0 Å². The normalized spacial score (nSPS) is 19.2. The van der Waals surface area contributed by atoms with Crippen LogP contribution in [0.15, 0.2) is 24.3 Å². The molecule has 4 heteroatoms. The number of halogens is 1. The van der Waals surface area contributed by atoms with Crippen LogP contribution in [0.4, 0.5) is 0 Å². The third kappa shape index (κ3) is 3.03. The topological polar surface area (TPSA) is 32.3 Å². The first kappa shape index (κ1) is 13.4. The third-order valence-electron chi connectivity index (χ3n) is 3.33. The number of hydrogen-bond donors (Lipinski definition) is 1. The highest BCUT2D eigenvalue weighted by Crippen LogP contribution is 2.32. The Morgan fingerprint density at radius 2 is 2.39 bits per heavy atom. The maximum absolute atomic E-state index is 12.1. The molecule has 0 spiro atoms. The summed E-state index contributed by atoms with van der Waals surface area (Å²) in [4.78, 5) is 14.1. The lowest BCUT2D eigenvalue weighted by Crippen LogP contribution is -2.37. The number of rotatable bonds is 4. The molecule has 0 radical (unpaired) electrons. The lowest BCUT2D eigenvalue weighted by molar-refractivity contribution is -0.131. The zero-order valence-corrected chi connectivity index (χ0v) is 11.4. The fourth-order valence-corrected chi connectivity index (χ4v) is 2.66. The molecular weight excluding hydrogens is 248 g/mol. The van der Waals surface area contributed by atoms with Crippen LogP contribution in [0, 0.1) is 0 Å². The largest absolute Gasteiger partial charge is 0.335 e. The Kier molecular flexibility index (Phi) is 4.61. The van der Waals surface area contributed by atoms with Gasteiger partial charge in [0, 0.05) is 11.6 Å². The van der Waals surface area contributed by atoms with Crippen LogP contribution >= 0.6 is 11.6 Å². The number of hydrogen-bond acceptors (Lipinski definition) is 2. The standard InChI is InChI=1S/C14H19ClN2O/c1-2-16-10-14(18)17-8-4-7-13(17)11-5-3-6-12(15)9-11/h3,5-6,9,13,16H,2,4,7-8,10H2,1H3.